The lowest BCUT2D eigenvalue weighted by atomic mass is 10.1. The van der Waals surface area contributed by atoms with Crippen LogP contribution in [0.4, 0.5) is 0 Å². The number of hydrogen-bond donors (Lipinski definition) is 1. The summed E-state index contributed by atoms with van der Waals surface area (Å²) in [4.78, 5) is 26.7. The highest BCUT2D eigenvalue weighted by Crippen LogP contribution is 2.28. The standard InChI is InChI=1S/C24H26N4O4/c1-4-32-15-7-14-25-23(29)21-20-18-8-5-6-9-19(18)27(2)22(20)24(30)28(26-21)16-10-12-17(31-3)13-11-16/h5-6,8-13H,4,7,14-15H2,1-3H3,(H,25,29). The van der Waals surface area contributed by atoms with Gasteiger partial charge in [-0.1, -0.05) is 18.2 Å². The summed E-state index contributed by atoms with van der Waals surface area (Å²) in [5.41, 5.74) is 1.75. The van der Waals surface area contributed by atoms with Gasteiger partial charge in [-0.2, -0.15) is 9.78 Å². The zero-order chi connectivity index (χ0) is 22.7. The van der Waals surface area contributed by atoms with Crippen molar-refractivity contribution in [1.29, 1.82) is 0 Å². The molecule has 0 unspecified atom stereocenters. The van der Waals surface area contributed by atoms with Crippen LogP contribution in [0, 0.1) is 0 Å². The van der Waals surface area contributed by atoms with Crippen LogP contribution in [0.25, 0.3) is 27.5 Å². The maximum atomic E-state index is 13.5. The molecule has 2 heterocycles. The quantitative estimate of drug-likeness (QED) is 0.431. The van der Waals surface area contributed by atoms with Crippen LogP contribution in [0.15, 0.2) is 53.3 Å². The van der Waals surface area contributed by atoms with Crippen molar-refractivity contribution in [2.24, 2.45) is 7.05 Å². The Morgan fingerprint density at radius 2 is 1.88 bits per heavy atom. The van der Waals surface area contributed by atoms with Crippen molar-refractivity contribution < 1.29 is 14.3 Å². The lowest BCUT2D eigenvalue weighted by Gasteiger charge is -2.11. The Morgan fingerprint density at radius 1 is 1.12 bits per heavy atom. The number of aromatic nitrogens is 3. The molecule has 32 heavy (non-hydrogen) atoms. The summed E-state index contributed by atoms with van der Waals surface area (Å²) in [6.45, 7) is 3.59. The first-order valence-corrected chi connectivity index (χ1v) is 10.6. The number of methoxy groups -OCH3 is 1. The topological polar surface area (TPSA) is 87.4 Å². The van der Waals surface area contributed by atoms with Gasteiger partial charge in [-0.3, -0.25) is 9.59 Å². The highest BCUT2D eigenvalue weighted by Gasteiger charge is 2.23. The highest BCUT2D eigenvalue weighted by atomic mass is 16.5. The van der Waals surface area contributed by atoms with Crippen LogP contribution in [0.5, 0.6) is 5.75 Å². The molecule has 8 nitrogen and oxygen atoms in total. The van der Waals surface area contributed by atoms with Crippen LogP contribution in [0.3, 0.4) is 0 Å². The van der Waals surface area contributed by atoms with E-state index in [1.54, 1.807) is 31.4 Å². The van der Waals surface area contributed by atoms with Crippen molar-refractivity contribution >= 4 is 27.7 Å². The summed E-state index contributed by atoms with van der Waals surface area (Å²) in [5, 5.41) is 8.80. The predicted octanol–water partition coefficient (Wildman–Crippen LogP) is 3.04. The third-order valence-corrected chi connectivity index (χ3v) is 5.43. The van der Waals surface area contributed by atoms with Gasteiger partial charge in [-0.05, 0) is 43.7 Å². The van der Waals surface area contributed by atoms with Crippen molar-refractivity contribution in [3.8, 4) is 11.4 Å². The van der Waals surface area contributed by atoms with E-state index in [1.165, 1.54) is 4.68 Å². The van der Waals surface area contributed by atoms with Gasteiger partial charge in [0.25, 0.3) is 11.5 Å². The number of para-hydroxylation sites is 1. The molecule has 0 aliphatic carbocycles. The van der Waals surface area contributed by atoms with Crippen LogP contribution >= 0.6 is 0 Å². The van der Waals surface area contributed by atoms with Crippen molar-refractivity contribution in [1.82, 2.24) is 19.7 Å². The van der Waals surface area contributed by atoms with Crippen molar-refractivity contribution in [2.45, 2.75) is 13.3 Å². The second-order valence-corrected chi connectivity index (χ2v) is 7.37. The molecule has 0 spiro atoms. The second-order valence-electron chi connectivity index (χ2n) is 7.37. The molecule has 0 radical (unpaired) electrons. The number of carbonyl (C=O) groups excluding carboxylic acids is 1. The van der Waals surface area contributed by atoms with Crippen LogP contribution < -0.4 is 15.6 Å². The molecule has 0 saturated heterocycles. The minimum absolute atomic E-state index is 0.212. The fourth-order valence-electron chi connectivity index (χ4n) is 3.84. The summed E-state index contributed by atoms with van der Waals surface area (Å²) in [5.74, 6) is 0.338. The second kappa shape index (κ2) is 9.23. The van der Waals surface area contributed by atoms with E-state index in [4.69, 9.17) is 9.47 Å². The van der Waals surface area contributed by atoms with Crippen LogP contribution in [0.2, 0.25) is 0 Å². The van der Waals surface area contributed by atoms with Crippen molar-refractivity contribution in [3.05, 3.63) is 64.6 Å². The average Bonchev–Trinajstić information content (AvgIpc) is 3.12. The number of nitrogens with zero attached hydrogens (tertiary/aromatic N) is 3. The summed E-state index contributed by atoms with van der Waals surface area (Å²) in [6, 6.07) is 14.6. The smallest absolute Gasteiger partial charge is 0.296 e. The number of amides is 1. The Balaban J connectivity index is 1.88. The molecular formula is C24H26N4O4. The monoisotopic (exact) mass is 434 g/mol. The minimum atomic E-state index is -0.329. The van der Waals surface area contributed by atoms with Gasteiger partial charge in [0, 0.05) is 43.1 Å². The first kappa shape index (κ1) is 21.6. The average molecular weight is 434 g/mol. The van der Waals surface area contributed by atoms with E-state index in [2.05, 4.69) is 10.4 Å². The Hall–Kier alpha value is -3.65. The number of ether oxygens (including phenoxy) is 2. The van der Waals surface area contributed by atoms with Gasteiger partial charge in [-0.15, -0.1) is 0 Å². The number of hydrogen-bond acceptors (Lipinski definition) is 5. The Kier molecular flexibility index (Phi) is 6.23. The van der Waals surface area contributed by atoms with E-state index in [1.807, 2.05) is 42.8 Å². The first-order chi connectivity index (χ1) is 15.6. The Bertz CT molecular complexity index is 1320. The van der Waals surface area contributed by atoms with Gasteiger partial charge in [0.2, 0.25) is 0 Å². The molecule has 166 valence electrons. The first-order valence-electron chi connectivity index (χ1n) is 10.6. The van der Waals surface area contributed by atoms with E-state index in [0.29, 0.717) is 48.5 Å². The van der Waals surface area contributed by atoms with Gasteiger partial charge in [0.1, 0.15) is 11.3 Å². The molecule has 4 rings (SSSR count). The van der Waals surface area contributed by atoms with Crippen molar-refractivity contribution in [3.63, 3.8) is 0 Å². The molecule has 8 heteroatoms. The zero-order valence-electron chi connectivity index (χ0n) is 18.4. The molecule has 0 aliphatic rings. The van der Waals surface area contributed by atoms with Gasteiger partial charge in [0.15, 0.2) is 5.69 Å². The molecule has 0 atom stereocenters. The maximum Gasteiger partial charge on any atom is 0.296 e. The summed E-state index contributed by atoms with van der Waals surface area (Å²) in [6.07, 6.45) is 0.691. The number of aryl methyl sites for hydroxylation is 1. The Labute approximate surface area is 185 Å². The third kappa shape index (κ3) is 3.85. The van der Waals surface area contributed by atoms with Gasteiger partial charge < -0.3 is 19.4 Å². The molecule has 0 fully saturated rings. The highest BCUT2D eigenvalue weighted by molar-refractivity contribution is 6.16. The van der Waals surface area contributed by atoms with Gasteiger partial charge in [0.05, 0.1) is 12.8 Å². The largest absolute Gasteiger partial charge is 0.497 e. The normalized spacial score (nSPS) is 11.2. The molecule has 1 N–H and O–H groups in total. The van der Waals surface area contributed by atoms with E-state index in [9.17, 15) is 9.59 Å². The van der Waals surface area contributed by atoms with E-state index in [0.717, 1.165) is 10.9 Å². The minimum Gasteiger partial charge on any atom is -0.497 e. The fourth-order valence-corrected chi connectivity index (χ4v) is 3.84. The number of nitrogens with one attached hydrogen (secondary N) is 1. The molecule has 0 bridgehead atoms. The lowest BCUT2D eigenvalue weighted by molar-refractivity contribution is 0.0939. The number of benzene rings is 2. The summed E-state index contributed by atoms with van der Waals surface area (Å²) >= 11 is 0. The zero-order valence-corrected chi connectivity index (χ0v) is 18.4. The fraction of sp³-hybridized carbons (Fsp3) is 0.292. The number of rotatable bonds is 8. The van der Waals surface area contributed by atoms with Crippen LogP contribution in [0.1, 0.15) is 23.8 Å². The van der Waals surface area contributed by atoms with Gasteiger partial charge in [-0.25, -0.2) is 0 Å². The SMILES string of the molecule is CCOCCCNC(=O)c1nn(-c2ccc(OC)cc2)c(=O)c2c1c1ccccc1n2C. The molecule has 0 aliphatic heterocycles. The molecule has 2 aromatic carbocycles. The van der Waals surface area contributed by atoms with Crippen LogP contribution in [-0.4, -0.2) is 47.1 Å². The predicted molar refractivity (Wildman–Crippen MR) is 124 cm³/mol. The molecule has 4 aromatic rings. The number of carbonyl (C=O) groups is 1. The maximum absolute atomic E-state index is 13.5. The van der Waals surface area contributed by atoms with Gasteiger partial charge >= 0.3 is 0 Å². The molecule has 2 aromatic heterocycles. The summed E-state index contributed by atoms with van der Waals surface area (Å²) in [7, 11) is 3.41. The lowest BCUT2D eigenvalue weighted by Crippen LogP contribution is -2.31. The molecule has 1 amide bonds. The van der Waals surface area contributed by atoms with E-state index < -0.39 is 0 Å². The van der Waals surface area contributed by atoms with E-state index >= 15 is 0 Å². The number of fused-ring (bicyclic) bond motifs is 3. The van der Waals surface area contributed by atoms with Crippen molar-refractivity contribution in [2.75, 3.05) is 26.9 Å². The molecule has 0 saturated carbocycles. The van der Waals surface area contributed by atoms with E-state index in [-0.39, 0.29) is 17.2 Å². The van der Waals surface area contributed by atoms with Crippen LogP contribution in [-0.2, 0) is 11.8 Å². The Morgan fingerprint density at radius 3 is 2.59 bits per heavy atom. The summed E-state index contributed by atoms with van der Waals surface area (Å²) < 4.78 is 13.6. The third-order valence-electron chi connectivity index (χ3n) is 5.43. The molecular weight excluding hydrogens is 408 g/mol.